The first-order valence-corrected chi connectivity index (χ1v) is 9.57. The average molecular weight is 368 g/mol. The van der Waals surface area contributed by atoms with E-state index in [2.05, 4.69) is 34.1 Å². The Bertz CT molecular complexity index is 912. The van der Waals surface area contributed by atoms with E-state index in [9.17, 15) is 10.1 Å². The number of aromatic nitrogens is 1. The zero-order chi connectivity index (χ0) is 17.9. The molecule has 0 saturated carbocycles. The maximum absolute atomic E-state index is 11.0. The van der Waals surface area contributed by atoms with Gasteiger partial charge in [0.25, 0.3) is 5.69 Å². The molecule has 0 radical (unpaired) electrons. The molecule has 3 aromatic rings. The number of nitro benzene ring substituents is 1. The van der Waals surface area contributed by atoms with Crippen molar-refractivity contribution in [3.05, 3.63) is 64.2 Å². The van der Waals surface area contributed by atoms with Crippen molar-refractivity contribution in [1.82, 2.24) is 9.88 Å². The number of hydrogen-bond donors (Lipinski definition) is 0. The molecule has 1 aliphatic rings. The van der Waals surface area contributed by atoms with E-state index >= 15 is 0 Å². The van der Waals surface area contributed by atoms with E-state index < -0.39 is 0 Å². The van der Waals surface area contributed by atoms with Crippen LogP contribution in [0.2, 0.25) is 0 Å². The van der Waals surface area contributed by atoms with Crippen LogP contribution in [0.5, 0.6) is 0 Å². The normalized spacial score (nSPS) is 15.9. The molecule has 4 rings (SSSR count). The van der Waals surface area contributed by atoms with Crippen LogP contribution >= 0.6 is 11.3 Å². The first-order valence-electron chi connectivity index (χ1n) is 8.75. The summed E-state index contributed by atoms with van der Waals surface area (Å²) in [7, 11) is 0. The standard InChI is InChI=1S/C19H20N4O2S/c24-23(25)16-7-8-17-18(13-16)26-19(20-17)22-10-4-9-21(11-12-22)14-15-5-2-1-3-6-15/h1-3,5-8,13H,4,9-12,14H2. The second-order valence-corrected chi connectivity index (χ2v) is 7.52. The van der Waals surface area contributed by atoms with Gasteiger partial charge in [0, 0.05) is 44.9 Å². The number of thiazole rings is 1. The maximum atomic E-state index is 11.0. The maximum Gasteiger partial charge on any atom is 0.270 e. The Hall–Kier alpha value is -2.51. The van der Waals surface area contributed by atoms with Gasteiger partial charge in [-0.25, -0.2) is 4.98 Å². The van der Waals surface area contributed by atoms with Crippen molar-refractivity contribution in [2.24, 2.45) is 0 Å². The highest BCUT2D eigenvalue weighted by Crippen LogP contribution is 2.31. The lowest BCUT2D eigenvalue weighted by Gasteiger charge is -2.21. The summed E-state index contributed by atoms with van der Waals surface area (Å²) in [5.74, 6) is 0. The van der Waals surface area contributed by atoms with Gasteiger partial charge in [-0.15, -0.1) is 0 Å². The molecule has 0 aliphatic carbocycles. The van der Waals surface area contributed by atoms with Crippen molar-refractivity contribution in [2.75, 3.05) is 31.1 Å². The van der Waals surface area contributed by atoms with Crippen molar-refractivity contribution >= 4 is 32.4 Å². The third kappa shape index (κ3) is 3.68. The van der Waals surface area contributed by atoms with Gasteiger partial charge < -0.3 is 4.90 Å². The van der Waals surface area contributed by atoms with Gasteiger partial charge in [0.2, 0.25) is 0 Å². The number of rotatable bonds is 4. The van der Waals surface area contributed by atoms with E-state index in [0.29, 0.717) is 0 Å². The van der Waals surface area contributed by atoms with Crippen LogP contribution in [0.25, 0.3) is 10.2 Å². The first kappa shape index (κ1) is 16.9. The van der Waals surface area contributed by atoms with Crippen molar-refractivity contribution in [3.63, 3.8) is 0 Å². The highest BCUT2D eigenvalue weighted by Gasteiger charge is 2.19. The molecule has 6 nitrogen and oxygen atoms in total. The third-order valence-corrected chi connectivity index (χ3v) is 5.76. The summed E-state index contributed by atoms with van der Waals surface area (Å²) in [4.78, 5) is 20.1. The quantitative estimate of drug-likeness (QED) is 0.516. The Balaban J connectivity index is 1.47. The SMILES string of the molecule is O=[N+]([O-])c1ccc2nc(N3CCCN(Cc4ccccc4)CC3)sc2c1. The molecule has 0 N–H and O–H groups in total. The molecule has 7 heteroatoms. The first-order chi connectivity index (χ1) is 12.7. The van der Waals surface area contributed by atoms with E-state index in [1.807, 2.05) is 6.07 Å². The molecule has 0 amide bonds. The predicted octanol–water partition coefficient (Wildman–Crippen LogP) is 3.92. The minimum Gasteiger partial charge on any atom is -0.347 e. The molecule has 0 bridgehead atoms. The van der Waals surface area contributed by atoms with Gasteiger partial charge in [0.05, 0.1) is 15.1 Å². The number of fused-ring (bicyclic) bond motifs is 1. The Kier molecular flexibility index (Phi) is 4.81. The van der Waals surface area contributed by atoms with E-state index in [4.69, 9.17) is 4.98 Å². The highest BCUT2D eigenvalue weighted by molar-refractivity contribution is 7.22. The van der Waals surface area contributed by atoms with Crippen molar-refractivity contribution < 1.29 is 4.92 Å². The topological polar surface area (TPSA) is 62.5 Å². The van der Waals surface area contributed by atoms with Crippen LogP contribution in [0, 0.1) is 10.1 Å². The van der Waals surface area contributed by atoms with Crippen LogP contribution in [0.3, 0.4) is 0 Å². The predicted molar refractivity (Wildman–Crippen MR) is 105 cm³/mol. The molecule has 0 atom stereocenters. The van der Waals surface area contributed by atoms with Gasteiger partial charge in [0.15, 0.2) is 5.13 Å². The minimum atomic E-state index is -0.355. The molecule has 2 heterocycles. The Labute approximate surface area is 155 Å². The summed E-state index contributed by atoms with van der Waals surface area (Å²) >= 11 is 1.54. The molecule has 0 unspecified atom stereocenters. The van der Waals surface area contributed by atoms with Crippen LogP contribution in [0.4, 0.5) is 10.8 Å². The second kappa shape index (κ2) is 7.39. The largest absolute Gasteiger partial charge is 0.347 e. The number of nitrogens with zero attached hydrogens (tertiary/aromatic N) is 4. The highest BCUT2D eigenvalue weighted by atomic mass is 32.1. The second-order valence-electron chi connectivity index (χ2n) is 6.51. The fourth-order valence-corrected chi connectivity index (χ4v) is 4.36. The zero-order valence-electron chi connectivity index (χ0n) is 14.4. The molecular formula is C19H20N4O2S. The van der Waals surface area contributed by atoms with Gasteiger partial charge in [-0.1, -0.05) is 41.7 Å². The van der Waals surface area contributed by atoms with Gasteiger partial charge in [0.1, 0.15) is 0 Å². The summed E-state index contributed by atoms with van der Waals surface area (Å²) in [6, 6.07) is 15.4. The summed E-state index contributed by atoms with van der Waals surface area (Å²) in [6.07, 6.45) is 1.09. The average Bonchev–Trinajstić information content (AvgIpc) is 2.94. The van der Waals surface area contributed by atoms with E-state index in [-0.39, 0.29) is 10.6 Å². The van der Waals surface area contributed by atoms with E-state index in [1.165, 1.54) is 11.6 Å². The lowest BCUT2D eigenvalue weighted by atomic mass is 10.2. The minimum absolute atomic E-state index is 0.123. The molecule has 1 saturated heterocycles. The lowest BCUT2D eigenvalue weighted by molar-refractivity contribution is -0.384. The monoisotopic (exact) mass is 368 g/mol. The molecule has 0 spiro atoms. The van der Waals surface area contributed by atoms with E-state index in [1.54, 1.807) is 23.5 Å². The van der Waals surface area contributed by atoms with E-state index in [0.717, 1.165) is 54.5 Å². The summed E-state index contributed by atoms with van der Waals surface area (Å²) < 4.78 is 0.875. The lowest BCUT2D eigenvalue weighted by Crippen LogP contribution is -2.30. The van der Waals surface area contributed by atoms with Crippen molar-refractivity contribution in [2.45, 2.75) is 13.0 Å². The number of anilines is 1. The van der Waals surface area contributed by atoms with Gasteiger partial charge >= 0.3 is 0 Å². The third-order valence-electron chi connectivity index (χ3n) is 4.68. The number of nitro groups is 1. The molecule has 1 fully saturated rings. The smallest absolute Gasteiger partial charge is 0.270 e. The fraction of sp³-hybridized carbons (Fsp3) is 0.316. The Morgan fingerprint density at radius 2 is 1.92 bits per heavy atom. The van der Waals surface area contributed by atoms with Crippen LogP contribution in [0.15, 0.2) is 48.5 Å². The number of non-ortho nitro benzene ring substituents is 1. The summed E-state index contributed by atoms with van der Waals surface area (Å²) in [5, 5.41) is 11.9. The molecule has 1 aromatic heterocycles. The molecule has 26 heavy (non-hydrogen) atoms. The van der Waals surface area contributed by atoms with Gasteiger partial charge in [-0.3, -0.25) is 15.0 Å². The summed E-state index contributed by atoms with van der Waals surface area (Å²) in [6.45, 7) is 4.93. The fourth-order valence-electron chi connectivity index (χ4n) is 3.31. The zero-order valence-corrected chi connectivity index (χ0v) is 15.2. The Morgan fingerprint density at radius 1 is 1.08 bits per heavy atom. The van der Waals surface area contributed by atoms with Crippen LogP contribution in [-0.4, -0.2) is 41.0 Å². The van der Waals surface area contributed by atoms with Crippen LogP contribution in [0.1, 0.15) is 12.0 Å². The molecule has 134 valence electrons. The number of hydrogen-bond acceptors (Lipinski definition) is 6. The molecule has 1 aliphatic heterocycles. The van der Waals surface area contributed by atoms with Gasteiger partial charge in [-0.2, -0.15) is 0 Å². The molecule has 2 aromatic carbocycles. The van der Waals surface area contributed by atoms with Crippen LogP contribution < -0.4 is 4.90 Å². The van der Waals surface area contributed by atoms with Crippen LogP contribution in [-0.2, 0) is 6.54 Å². The Morgan fingerprint density at radius 3 is 2.73 bits per heavy atom. The van der Waals surface area contributed by atoms with Crippen molar-refractivity contribution in [3.8, 4) is 0 Å². The summed E-state index contributed by atoms with van der Waals surface area (Å²) in [5.41, 5.74) is 2.30. The number of benzene rings is 2. The van der Waals surface area contributed by atoms with Crippen molar-refractivity contribution in [1.29, 1.82) is 0 Å². The van der Waals surface area contributed by atoms with Gasteiger partial charge in [-0.05, 0) is 18.1 Å². The molecular weight excluding hydrogens is 348 g/mol.